The van der Waals surface area contributed by atoms with Crippen LogP contribution in [-0.2, 0) is 53.6 Å². The number of esters is 1. The molecule has 0 aliphatic carbocycles. The first-order valence-corrected chi connectivity index (χ1v) is 28.4. The topological polar surface area (TPSA) is 218 Å². The molecular weight excluding hydrogens is 1110 g/mol. The van der Waals surface area contributed by atoms with Crippen LogP contribution >= 0.6 is 23.2 Å². The average Bonchev–Trinajstić information content (AvgIpc) is 4.22. The van der Waals surface area contributed by atoms with Gasteiger partial charge < -0.3 is 48.6 Å². The van der Waals surface area contributed by atoms with E-state index in [1.54, 1.807) is 48.8 Å². The second kappa shape index (κ2) is 26.3. The van der Waals surface area contributed by atoms with Gasteiger partial charge in [-0.3, -0.25) is 9.80 Å². The molecule has 4 saturated heterocycles. The number of carbonyl (C=O) groups excluding carboxylic acids is 1. The number of carboxylic acids is 1. The summed E-state index contributed by atoms with van der Waals surface area (Å²) in [4.78, 5) is 55.9. The number of anilines is 2. The first kappa shape index (κ1) is 57.2. The molecule has 2 atom stereocenters. The number of imidazole rings is 2. The van der Waals surface area contributed by atoms with Crippen molar-refractivity contribution in [1.29, 1.82) is 0 Å². The van der Waals surface area contributed by atoms with Crippen LogP contribution < -0.4 is 20.1 Å². The molecule has 24 heteroatoms. The number of nitrogens with one attached hydrogen (secondary N) is 2. The Morgan fingerprint density at radius 2 is 1.06 bits per heavy atom. The molecule has 83 heavy (non-hydrogen) atoms. The largest absolute Gasteiger partial charge is 0.483 e. The third kappa shape index (κ3) is 14.4. The smallest absolute Gasteiger partial charge is 0.337 e. The molecule has 3 N–H and O–H groups in total. The summed E-state index contributed by atoms with van der Waals surface area (Å²) in [7, 11) is 1.39. The lowest BCUT2D eigenvalue weighted by molar-refractivity contribution is -0.0593. The molecule has 0 radical (unpaired) electrons. The number of aromatic nitrogens is 8. The predicted molar refractivity (Wildman–Crippen MR) is 306 cm³/mol. The van der Waals surface area contributed by atoms with Crippen molar-refractivity contribution in [2.24, 2.45) is 0 Å². The highest BCUT2D eigenvalue weighted by molar-refractivity contribution is 6.30. The molecule has 4 aliphatic heterocycles. The highest BCUT2D eigenvalue weighted by atomic mass is 35.5. The maximum atomic E-state index is 14.0. The summed E-state index contributed by atoms with van der Waals surface area (Å²) >= 11 is 11.6. The molecule has 4 fully saturated rings. The molecule has 0 unspecified atom stereocenters. The molecule has 4 aromatic carbocycles. The molecule has 0 amide bonds. The van der Waals surface area contributed by atoms with Gasteiger partial charge in [0.1, 0.15) is 36.5 Å². The highest BCUT2D eigenvalue weighted by Gasteiger charge is 2.28. The van der Waals surface area contributed by atoms with E-state index < -0.39 is 17.6 Å². The maximum Gasteiger partial charge on any atom is 0.337 e. The summed E-state index contributed by atoms with van der Waals surface area (Å²) in [5, 5.41) is 17.1. The minimum Gasteiger partial charge on any atom is -0.483 e. The Kier molecular flexibility index (Phi) is 18.1. The van der Waals surface area contributed by atoms with Gasteiger partial charge in [0, 0.05) is 73.9 Å². The van der Waals surface area contributed by atoms with Gasteiger partial charge in [0.2, 0.25) is 0 Å². The zero-order chi connectivity index (χ0) is 57.4. The molecule has 12 rings (SSSR count). The van der Waals surface area contributed by atoms with Crippen LogP contribution in [0.1, 0.15) is 82.5 Å². The quantitative estimate of drug-likeness (QED) is 0.0605. The third-order valence-corrected chi connectivity index (χ3v) is 15.7. The van der Waals surface area contributed by atoms with E-state index in [0.717, 1.165) is 112 Å². The van der Waals surface area contributed by atoms with E-state index in [-0.39, 0.29) is 60.5 Å². The first-order chi connectivity index (χ1) is 40.4. The van der Waals surface area contributed by atoms with Gasteiger partial charge in [0.25, 0.3) is 0 Å². The Labute approximate surface area is 487 Å². The zero-order valence-corrected chi connectivity index (χ0v) is 47.1. The normalized spacial score (nSPS) is 17.7. The molecule has 0 saturated carbocycles. The predicted octanol–water partition coefficient (Wildman–Crippen LogP) is 9.61. The summed E-state index contributed by atoms with van der Waals surface area (Å²) in [6.45, 7) is 7.90. The van der Waals surface area contributed by atoms with Crippen LogP contribution in [-0.4, -0.2) is 137 Å². The monoisotopic (exact) mass is 1170 g/mol. The van der Waals surface area contributed by atoms with Crippen molar-refractivity contribution in [3.63, 3.8) is 0 Å². The fraction of sp³-hybridized carbons (Fsp3) is 0.390. The van der Waals surface area contributed by atoms with Crippen molar-refractivity contribution in [2.45, 2.75) is 102 Å². The van der Waals surface area contributed by atoms with E-state index in [4.69, 9.17) is 56.9 Å². The summed E-state index contributed by atoms with van der Waals surface area (Å²) in [6.07, 6.45) is 9.33. The molecule has 434 valence electrons. The Morgan fingerprint density at radius 3 is 1.47 bits per heavy atom. The summed E-state index contributed by atoms with van der Waals surface area (Å²) < 4.78 is 59.8. The number of benzene rings is 4. The van der Waals surface area contributed by atoms with Crippen LogP contribution in [0.15, 0.2) is 97.3 Å². The number of piperidine rings is 2. The Morgan fingerprint density at radius 1 is 0.614 bits per heavy atom. The van der Waals surface area contributed by atoms with Crippen molar-refractivity contribution in [3.05, 3.63) is 153 Å². The zero-order valence-electron chi connectivity index (χ0n) is 45.6. The van der Waals surface area contributed by atoms with Crippen molar-refractivity contribution >= 4 is 68.8 Å². The Balaban J connectivity index is 0.000000174. The van der Waals surface area contributed by atoms with Gasteiger partial charge in [-0.05, 0) is 123 Å². The number of hydrogen-bond donors (Lipinski definition) is 3. The van der Waals surface area contributed by atoms with E-state index in [9.17, 15) is 23.5 Å². The summed E-state index contributed by atoms with van der Waals surface area (Å²) in [5.41, 5.74) is 4.16. The standard InChI is InChI=1S/C30H32ClFN6O4.C29H30ClFN6O4/c1-40-30(39)19-2-4-24-25(14-19)38(16-22-9-13-41-22)29(35-24)17-37-11-7-21(8-12-37)34-27-6-10-33-28(36-27)18-42-26-5-3-20(31)15-23(26)32;30-19-2-4-25(22(31)14-19)41-17-27-32-9-5-26(35-27)33-20-6-10-36(11-7-20)16-28-34-23-3-1-18(29(38)39)13-24(23)37(28)15-21-8-12-40-21/h2-6,10,14-15,21-22H,7-9,11-13,16-18H2,1H3,(H,33,34,36);1-5,9,13-14,20-21H,6-8,10-12,15-17H2,(H,38,39)(H,32,33,35)/t22-;21-/m00/s1. The molecular formula is C59H62Cl2F2N12O8. The molecule has 4 aromatic heterocycles. The number of hydrogen-bond acceptors (Lipinski definition) is 17. The first-order valence-electron chi connectivity index (χ1n) is 27.7. The molecule has 4 aliphatic rings. The fourth-order valence-corrected chi connectivity index (χ4v) is 10.8. The van der Waals surface area contributed by atoms with E-state index in [0.29, 0.717) is 65.1 Å². The number of methoxy groups -OCH3 is 1. The van der Waals surface area contributed by atoms with Crippen molar-refractivity contribution < 1.29 is 47.2 Å². The van der Waals surface area contributed by atoms with Gasteiger partial charge in [-0.1, -0.05) is 23.2 Å². The lowest BCUT2D eigenvalue weighted by atomic mass is 10.1. The molecule has 0 bridgehead atoms. The third-order valence-electron chi connectivity index (χ3n) is 15.2. The van der Waals surface area contributed by atoms with Crippen LogP contribution in [0, 0.1) is 11.6 Å². The average molecular weight is 1180 g/mol. The number of ether oxygens (including phenoxy) is 5. The summed E-state index contributed by atoms with van der Waals surface area (Å²) in [5.74, 6) is 2.02. The minimum atomic E-state index is -0.950. The summed E-state index contributed by atoms with van der Waals surface area (Å²) in [6, 6.07) is 23.2. The number of rotatable bonds is 20. The number of carboxylic acid groups (broad SMARTS) is 1. The minimum absolute atomic E-state index is 0.0351. The van der Waals surface area contributed by atoms with Crippen LogP contribution in [0.25, 0.3) is 22.1 Å². The number of nitrogens with zero attached hydrogens (tertiary/aromatic N) is 10. The number of aromatic carboxylic acids is 1. The fourth-order valence-electron chi connectivity index (χ4n) is 10.5. The van der Waals surface area contributed by atoms with Crippen LogP contribution in [0.2, 0.25) is 10.0 Å². The van der Waals surface area contributed by atoms with Crippen molar-refractivity contribution in [3.8, 4) is 11.5 Å². The van der Waals surface area contributed by atoms with Gasteiger partial charge in [0.15, 0.2) is 34.8 Å². The molecule has 8 aromatic rings. The Hall–Kier alpha value is -7.60. The lowest BCUT2D eigenvalue weighted by Crippen LogP contribution is -2.39. The number of halogens is 4. The van der Waals surface area contributed by atoms with Gasteiger partial charge >= 0.3 is 11.9 Å². The van der Waals surface area contributed by atoms with Gasteiger partial charge in [0.05, 0.1) is 78.7 Å². The SMILES string of the molecule is COC(=O)c1ccc2nc(CN3CCC(Nc4ccnc(COc5ccc(Cl)cc5F)n4)CC3)n(C[C@@H]3CCO3)c2c1.O=C(O)c1ccc2nc(CN3CCC(Nc4ccnc(COc5ccc(Cl)cc5F)n4)CC3)n(C[C@@H]3CCO3)c2c1. The van der Waals surface area contributed by atoms with E-state index in [2.05, 4.69) is 49.5 Å². The van der Waals surface area contributed by atoms with Crippen LogP contribution in [0.4, 0.5) is 20.4 Å². The number of likely N-dealkylation sites (tertiary alicyclic amines) is 2. The molecule has 0 spiro atoms. The second-order valence-electron chi connectivity index (χ2n) is 20.9. The van der Waals surface area contributed by atoms with Crippen LogP contribution in [0.5, 0.6) is 11.5 Å². The lowest BCUT2D eigenvalue weighted by Gasteiger charge is -2.33. The second-order valence-corrected chi connectivity index (χ2v) is 21.7. The van der Waals surface area contributed by atoms with E-state index in [1.165, 1.54) is 31.4 Å². The van der Waals surface area contributed by atoms with Gasteiger partial charge in [-0.15, -0.1) is 0 Å². The van der Waals surface area contributed by atoms with Gasteiger partial charge in [-0.2, -0.15) is 0 Å². The number of fused-ring (bicyclic) bond motifs is 2. The number of carbonyl (C=O) groups is 2. The maximum absolute atomic E-state index is 14.0. The van der Waals surface area contributed by atoms with Crippen molar-refractivity contribution in [1.82, 2.24) is 48.8 Å². The molecule has 20 nitrogen and oxygen atoms in total. The Bertz CT molecular complexity index is 3590. The van der Waals surface area contributed by atoms with Crippen molar-refractivity contribution in [2.75, 3.05) is 57.1 Å². The molecule has 8 heterocycles. The highest BCUT2D eigenvalue weighted by Crippen LogP contribution is 2.29. The van der Waals surface area contributed by atoms with E-state index in [1.807, 2.05) is 24.3 Å². The van der Waals surface area contributed by atoms with Gasteiger partial charge in [-0.25, -0.2) is 48.3 Å². The van der Waals surface area contributed by atoms with Crippen LogP contribution in [0.3, 0.4) is 0 Å². The van der Waals surface area contributed by atoms with E-state index >= 15 is 0 Å².